The van der Waals surface area contributed by atoms with Crippen LogP contribution in [0.25, 0.3) is 0 Å². The quantitative estimate of drug-likeness (QED) is 0.315. The molecule has 0 aromatic heterocycles. The van der Waals surface area contributed by atoms with Gasteiger partial charge in [-0.05, 0) is 0 Å². The van der Waals surface area contributed by atoms with Gasteiger partial charge in [-0.15, -0.1) is 0 Å². The van der Waals surface area contributed by atoms with Gasteiger partial charge in [-0.1, -0.05) is 0 Å². The Labute approximate surface area is 55.8 Å². The van der Waals surface area contributed by atoms with Crippen molar-refractivity contribution in [2.24, 2.45) is 0 Å². The van der Waals surface area contributed by atoms with E-state index in [9.17, 15) is 0 Å². The molecule has 0 heterocycles. The van der Waals surface area contributed by atoms with Crippen molar-refractivity contribution in [3.05, 3.63) is 0 Å². The van der Waals surface area contributed by atoms with Gasteiger partial charge in [-0.2, -0.15) is 0 Å². The van der Waals surface area contributed by atoms with Crippen molar-refractivity contribution in [1.29, 1.82) is 0 Å². The standard InChI is InChI=1S/ClHO3.Na.H/c2-1(3)4;;/h2H;;/q;+1;-1. The second-order valence-corrected chi connectivity index (χ2v) is 0.603. The van der Waals surface area contributed by atoms with Crippen LogP contribution in [0.1, 0.15) is 1.43 Å². The summed E-state index contributed by atoms with van der Waals surface area (Å²) in [4.78, 5) is 0. The largest absolute Gasteiger partial charge is 1.00 e. The zero-order valence-corrected chi connectivity index (χ0v) is 5.40. The van der Waals surface area contributed by atoms with Gasteiger partial charge in [0.2, 0.25) is 0 Å². The third-order valence-corrected chi connectivity index (χ3v) is 0. The topological polar surface area (TPSA) is 66.3 Å². The maximum Gasteiger partial charge on any atom is 1.00 e. The van der Waals surface area contributed by atoms with Crippen LogP contribution in [-0.4, -0.2) is 4.66 Å². The second kappa shape index (κ2) is 5.17. The predicted molar refractivity (Wildman–Crippen MR) is 3.33 cm³/mol. The Balaban J connectivity index is -0.0000000450. The minimum absolute atomic E-state index is 0. The SMILES string of the molecule is [H-].[Na+].[O-][Cl+2]([O-])O. The van der Waals surface area contributed by atoms with Crippen LogP contribution in [0, 0.1) is 10.8 Å². The van der Waals surface area contributed by atoms with Crippen molar-refractivity contribution in [3.63, 3.8) is 0 Å². The third-order valence-electron chi connectivity index (χ3n) is 0. The summed E-state index contributed by atoms with van der Waals surface area (Å²) in [5.41, 5.74) is 0. The Morgan fingerprint density at radius 1 is 1.60 bits per heavy atom. The van der Waals surface area contributed by atoms with Crippen LogP contribution in [0.2, 0.25) is 0 Å². The van der Waals surface area contributed by atoms with Gasteiger partial charge < -0.3 is 10.7 Å². The molecule has 1 N–H and O–H groups in total. The molecule has 0 atom stereocenters. The van der Waals surface area contributed by atoms with Crippen molar-refractivity contribution in [2.45, 2.75) is 0 Å². The molecule has 0 aliphatic rings. The summed E-state index contributed by atoms with van der Waals surface area (Å²) in [6.45, 7) is 0. The smallest absolute Gasteiger partial charge is 1.00 e. The Morgan fingerprint density at radius 3 is 1.60 bits per heavy atom. The van der Waals surface area contributed by atoms with E-state index in [0.717, 1.165) is 0 Å². The Kier molecular flexibility index (Phi) is 9.81. The normalized spacial score (nSPS) is 7.20. The summed E-state index contributed by atoms with van der Waals surface area (Å²) >= 11 is 0. The van der Waals surface area contributed by atoms with Crippen LogP contribution in [0.15, 0.2) is 0 Å². The van der Waals surface area contributed by atoms with Gasteiger partial charge in [0.05, 0.1) is 0 Å². The van der Waals surface area contributed by atoms with Gasteiger partial charge in [-0.25, -0.2) is 0 Å². The van der Waals surface area contributed by atoms with Gasteiger partial charge in [-0.3, -0.25) is 0 Å². The van der Waals surface area contributed by atoms with E-state index in [1.165, 1.54) is 0 Å². The van der Waals surface area contributed by atoms with Crippen molar-refractivity contribution < 1.29 is 55.7 Å². The summed E-state index contributed by atoms with van der Waals surface area (Å²) in [7, 11) is -2.60. The van der Waals surface area contributed by atoms with Gasteiger partial charge in [0.1, 0.15) is 0 Å². The molecule has 0 saturated carbocycles. The molecular formula is H2ClNaO3. The van der Waals surface area contributed by atoms with E-state index in [2.05, 4.69) is 0 Å². The molecule has 28 valence electrons. The average molecular weight is 108 g/mol. The van der Waals surface area contributed by atoms with Gasteiger partial charge in [0.15, 0.2) is 0 Å². The molecule has 5 heteroatoms. The molecule has 0 bridgehead atoms. The minimum Gasteiger partial charge on any atom is -1.00 e. The molecule has 0 aromatic rings. The fourth-order valence-electron chi connectivity index (χ4n) is 0. The zero-order chi connectivity index (χ0) is 3.58. The molecular weight excluding hydrogens is 106 g/mol. The summed E-state index contributed by atoms with van der Waals surface area (Å²) in [5, 5.41) is 0. The summed E-state index contributed by atoms with van der Waals surface area (Å²) in [5.74, 6) is 0. The Morgan fingerprint density at radius 2 is 1.60 bits per heavy atom. The molecule has 0 aliphatic heterocycles. The van der Waals surface area contributed by atoms with Gasteiger partial charge in [0.25, 0.3) is 10.8 Å². The van der Waals surface area contributed by atoms with Crippen LogP contribution in [-0.2, 0) is 0 Å². The van der Waals surface area contributed by atoms with Crippen molar-refractivity contribution in [3.8, 4) is 0 Å². The van der Waals surface area contributed by atoms with Crippen molar-refractivity contribution in [2.75, 3.05) is 0 Å². The molecule has 3 nitrogen and oxygen atoms in total. The van der Waals surface area contributed by atoms with Crippen molar-refractivity contribution in [1.82, 2.24) is 0 Å². The number of halogens is 1. The first-order valence-corrected chi connectivity index (χ1v) is 1.43. The van der Waals surface area contributed by atoms with E-state index in [-0.39, 0.29) is 31.0 Å². The Bertz CT molecular complexity index is 15.5. The average Bonchev–Trinajstić information content (AvgIpc) is 0.811. The molecule has 0 radical (unpaired) electrons. The number of rotatable bonds is 0. The molecule has 0 amide bonds. The van der Waals surface area contributed by atoms with Crippen LogP contribution >= 0.6 is 0 Å². The predicted octanol–water partition coefficient (Wildman–Crippen LogP) is -5.82. The first kappa shape index (κ1) is 9.48. The van der Waals surface area contributed by atoms with E-state index in [1.807, 2.05) is 0 Å². The first-order valence-electron chi connectivity index (χ1n) is 0.478. The van der Waals surface area contributed by atoms with Crippen LogP contribution in [0.5, 0.6) is 0 Å². The monoisotopic (exact) mass is 108 g/mol. The van der Waals surface area contributed by atoms with E-state index in [0.29, 0.717) is 0 Å². The molecule has 0 saturated heterocycles. The van der Waals surface area contributed by atoms with Crippen LogP contribution in [0.3, 0.4) is 0 Å². The van der Waals surface area contributed by atoms with E-state index in [1.54, 1.807) is 0 Å². The van der Waals surface area contributed by atoms with Crippen molar-refractivity contribution >= 4 is 0 Å². The summed E-state index contributed by atoms with van der Waals surface area (Å²) in [6.07, 6.45) is 0. The van der Waals surface area contributed by atoms with E-state index >= 15 is 0 Å². The summed E-state index contributed by atoms with van der Waals surface area (Å²) in [6, 6.07) is 0. The zero-order valence-electron chi connectivity index (χ0n) is 3.64. The number of hydrogen-bond donors (Lipinski definition) is 1. The third kappa shape index (κ3) is 38.0. The molecule has 0 aliphatic carbocycles. The molecule has 0 spiro atoms. The molecule has 5 heavy (non-hydrogen) atoms. The molecule has 0 fully saturated rings. The Hall–Kier alpha value is 1.17. The van der Waals surface area contributed by atoms with Gasteiger partial charge >= 0.3 is 29.6 Å². The van der Waals surface area contributed by atoms with Gasteiger partial charge in [0, 0.05) is 4.66 Å². The maximum atomic E-state index is 8.52. The van der Waals surface area contributed by atoms with Crippen LogP contribution in [0.4, 0.5) is 0 Å². The van der Waals surface area contributed by atoms with E-state index < -0.39 is 10.8 Å². The maximum absolute atomic E-state index is 8.52. The molecule has 0 rings (SSSR count). The van der Waals surface area contributed by atoms with E-state index in [4.69, 9.17) is 14.0 Å². The first-order chi connectivity index (χ1) is 1.73. The number of hydrogen-bond acceptors (Lipinski definition) is 3. The second-order valence-electron chi connectivity index (χ2n) is 0.201. The molecule has 0 aromatic carbocycles. The summed E-state index contributed by atoms with van der Waals surface area (Å²) < 4.78 is 24.0. The fourth-order valence-corrected chi connectivity index (χ4v) is 0. The fraction of sp³-hybridized carbons (Fsp3) is 0. The molecule has 0 unspecified atom stereocenters. The van der Waals surface area contributed by atoms with Crippen LogP contribution < -0.4 is 38.9 Å². The minimum atomic E-state index is -2.60.